The second-order valence-corrected chi connectivity index (χ2v) is 11.5. The number of rotatable bonds is 6. The molecule has 1 fully saturated rings. The van der Waals surface area contributed by atoms with Gasteiger partial charge in [-0.15, -0.1) is 11.8 Å². The van der Waals surface area contributed by atoms with Gasteiger partial charge in [0, 0.05) is 49.4 Å². The number of benzene rings is 3. The molecule has 1 heterocycles. The third-order valence-electron chi connectivity index (χ3n) is 6.68. The van der Waals surface area contributed by atoms with Gasteiger partial charge in [-0.05, 0) is 85.8 Å². The lowest BCUT2D eigenvalue weighted by atomic mass is 10.1. The number of carbonyl (C=O) groups excluding carboxylic acids is 1. The van der Waals surface area contributed by atoms with Crippen LogP contribution in [0.25, 0.3) is 0 Å². The maximum absolute atomic E-state index is 13.1. The fourth-order valence-corrected chi connectivity index (χ4v) is 5.87. The lowest BCUT2D eigenvalue weighted by molar-refractivity contribution is 0.0747. The lowest BCUT2D eigenvalue weighted by Gasteiger charge is -2.37. The minimum atomic E-state index is -3.69. The van der Waals surface area contributed by atoms with Crippen LogP contribution in [0.1, 0.15) is 21.5 Å². The summed E-state index contributed by atoms with van der Waals surface area (Å²) in [7, 11) is -2.16. The first kappa shape index (κ1) is 25.1. The summed E-state index contributed by atoms with van der Waals surface area (Å²) in [5, 5.41) is 0. The van der Waals surface area contributed by atoms with Crippen LogP contribution in [0.4, 0.5) is 11.4 Å². The monoisotopic (exact) mass is 509 g/mol. The Hall–Kier alpha value is -2.97. The van der Waals surface area contributed by atoms with Crippen LogP contribution in [0.5, 0.6) is 0 Å². The van der Waals surface area contributed by atoms with Crippen molar-refractivity contribution < 1.29 is 13.2 Å². The molecule has 3 aromatic rings. The Morgan fingerprint density at radius 3 is 2.11 bits per heavy atom. The smallest absolute Gasteiger partial charge is 0.264 e. The third-order valence-corrected chi connectivity index (χ3v) is 9.22. The highest BCUT2D eigenvalue weighted by Gasteiger charge is 2.25. The average Bonchev–Trinajstić information content (AvgIpc) is 2.89. The number of amides is 1. The number of hydrogen-bond donors (Lipinski definition) is 0. The molecule has 0 atom stereocenters. The van der Waals surface area contributed by atoms with Crippen LogP contribution >= 0.6 is 11.8 Å². The van der Waals surface area contributed by atoms with Crippen LogP contribution in [0.3, 0.4) is 0 Å². The van der Waals surface area contributed by atoms with Crippen LogP contribution in [0.2, 0.25) is 0 Å². The van der Waals surface area contributed by atoms with Gasteiger partial charge in [-0.1, -0.05) is 12.1 Å². The average molecular weight is 510 g/mol. The molecular formula is C27H31N3O3S2. The molecule has 4 rings (SSSR count). The molecule has 0 N–H and O–H groups in total. The van der Waals surface area contributed by atoms with Crippen LogP contribution in [0.15, 0.2) is 76.5 Å². The van der Waals surface area contributed by atoms with Crippen molar-refractivity contribution in [1.29, 1.82) is 0 Å². The van der Waals surface area contributed by atoms with Crippen molar-refractivity contribution >= 4 is 39.1 Å². The van der Waals surface area contributed by atoms with Gasteiger partial charge in [-0.25, -0.2) is 8.42 Å². The Morgan fingerprint density at radius 1 is 0.886 bits per heavy atom. The zero-order chi connectivity index (χ0) is 25.2. The molecule has 3 aromatic carbocycles. The zero-order valence-electron chi connectivity index (χ0n) is 20.6. The minimum absolute atomic E-state index is 0.0321. The van der Waals surface area contributed by atoms with Gasteiger partial charge in [0.15, 0.2) is 0 Å². The van der Waals surface area contributed by atoms with Gasteiger partial charge < -0.3 is 9.80 Å². The Kier molecular flexibility index (Phi) is 7.42. The standard InChI is InChI=1S/C27H31N3O3S2/c1-20-6-5-7-26(21(20)2)29-16-18-30(19-17-29)27(31)22-8-10-23(11-9-22)28(3)35(32,33)25-14-12-24(34-4)13-15-25/h5-15H,16-19H2,1-4H3. The summed E-state index contributed by atoms with van der Waals surface area (Å²) in [5.74, 6) is -0.0321. The van der Waals surface area contributed by atoms with Crippen LogP contribution < -0.4 is 9.21 Å². The van der Waals surface area contributed by atoms with E-state index >= 15 is 0 Å². The molecule has 0 bridgehead atoms. The molecule has 1 aliphatic rings. The molecule has 0 saturated carbocycles. The quantitative estimate of drug-likeness (QED) is 0.446. The first-order valence-electron chi connectivity index (χ1n) is 11.6. The first-order chi connectivity index (χ1) is 16.7. The Balaban J connectivity index is 1.42. The molecule has 35 heavy (non-hydrogen) atoms. The highest BCUT2D eigenvalue weighted by Crippen LogP contribution is 2.26. The summed E-state index contributed by atoms with van der Waals surface area (Å²) in [4.78, 5) is 18.5. The number of piperazine rings is 1. The van der Waals surface area contributed by atoms with Gasteiger partial charge in [0.25, 0.3) is 15.9 Å². The van der Waals surface area contributed by atoms with Gasteiger partial charge in [0.2, 0.25) is 0 Å². The second-order valence-electron chi connectivity index (χ2n) is 8.69. The molecule has 6 nitrogen and oxygen atoms in total. The number of sulfonamides is 1. The number of aryl methyl sites for hydroxylation is 1. The summed E-state index contributed by atoms with van der Waals surface area (Å²) < 4.78 is 27.3. The fraction of sp³-hybridized carbons (Fsp3) is 0.296. The summed E-state index contributed by atoms with van der Waals surface area (Å²) in [6, 6.07) is 20.0. The molecule has 1 saturated heterocycles. The Morgan fingerprint density at radius 2 is 1.51 bits per heavy atom. The number of thioether (sulfide) groups is 1. The fourth-order valence-electron chi connectivity index (χ4n) is 4.27. The Bertz CT molecular complexity index is 1300. The van der Waals surface area contributed by atoms with Crippen molar-refractivity contribution in [1.82, 2.24) is 4.90 Å². The van der Waals surface area contributed by atoms with E-state index in [0.29, 0.717) is 24.3 Å². The largest absolute Gasteiger partial charge is 0.368 e. The van der Waals surface area contributed by atoms with Crippen molar-refractivity contribution in [3.63, 3.8) is 0 Å². The molecular weight excluding hydrogens is 478 g/mol. The van der Waals surface area contributed by atoms with Crippen LogP contribution in [-0.2, 0) is 10.0 Å². The number of anilines is 2. The number of hydrogen-bond acceptors (Lipinski definition) is 5. The van der Waals surface area contributed by atoms with E-state index in [1.807, 2.05) is 11.2 Å². The summed E-state index contributed by atoms with van der Waals surface area (Å²) >= 11 is 1.56. The van der Waals surface area contributed by atoms with E-state index in [1.54, 1.807) is 60.3 Å². The van der Waals surface area contributed by atoms with Gasteiger partial charge in [0.05, 0.1) is 10.6 Å². The zero-order valence-corrected chi connectivity index (χ0v) is 22.2. The van der Waals surface area contributed by atoms with Crippen molar-refractivity contribution in [3.8, 4) is 0 Å². The SMILES string of the molecule is CSc1ccc(S(=O)(=O)N(C)c2ccc(C(=O)N3CCN(c4cccc(C)c4C)CC3)cc2)cc1. The van der Waals surface area contributed by atoms with Crippen molar-refractivity contribution in [3.05, 3.63) is 83.4 Å². The topological polar surface area (TPSA) is 60.9 Å². The van der Waals surface area contributed by atoms with Gasteiger partial charge in [0.1, 0.15) is 0 Å². The molecule has 1 aliphatic heterocycles. The van der Waals surface area contributed by atoms with Crippen molar-refractivity contribution in [2.75, 3.05) is 48.7 Å². The van der Waals surface area contributed by atoms with E-state index < -0.39 is 10.0 Å². The van der Waals surface area contributed by atoms with Crippen molar-refractivity contribution in [2.24, 2.45) is 0 Å². The first-order valence-corrected chi connectivity index (χ1v) is 14.2. The molecule has 184 valence electrons. The van der Waals surface area contributed by atoms with Crippen LogP contribution in [0, 0.1) is 13.8 Å². The van der Waals surface area contributed by atoms with E-state index in [2.05, 4.69) is 36.9 Å². The molecule has 1 amide bonds. The molecule has 0 aliphatic carbocycles. The molecule has 0 spiro atoms. The highest BCUT2D eigenvalue weighted by molar-refractivity contribution is 7.98. The minimum Gasteiger partial charge on any atom is -0.368 e. The molecule has 0 unspecified atom stereocenters. The third kappa shape index (κ3) is 5.18. The van der Waals surface area contributed by atoms with E-state index in [-0.39, 0.29) is 10.8 Å². The van der Waals surface area contributed by atoms with Gasteiger partial charge in [-0.2, -0.15) is 0 Å². The molecule has 8 heteroatoms. The number of carbonyl (C=O) groups is 1. The van der Waals surface area contributed by atoms with E-state index in [0.717, 1.165) is 18.0 Å². The van der Waals surface area contributed by atoms with Crippen LogP contribution in [-0.4, -0.2) is 58.7 Å². The predicted octanol–water partition coefficient (Wildman–Crippen LogP) is 4.81. The van der Waals surface area contributed by atoms with Crippen molar-refractivity contribution in [2.45, 2.75) is 23.6 Å². The predicted molar refractivity (Wildman–Crippen MR) is 144 cm³/mol. The van der Waals surface area contributed by atoms with Gasteiger partial charge >= 0.3 is 0 Å². The van der Waals surface area contributed by atoms with E-state index in [4.69, 9.17) is 0 Å². The maximum atomic E-state index is 13.1. The highest BCUT2D eigenvalue weighted by atomic mass is 32.2. The van der Waals surface area contributed by atoms with Gasteiger partial charge in [-0.3, -0.25) is 9.10 Å². The lowest BCUT2D eigenvalue weighted by Crippen LogP contribution is -2.49. The normalized spacial score (nSPS) is 14.2. The summed E-state index contributed by atoms with van der Waals surface area (Å²) in [6.07, 6.45) is 1.95. The molecule has 0 aromatic heterocycles. The number of nitrogens with zero attached hydrogens (tertiary/aromatic N) is 3. The van der Waals surface area contributed by atoms with E-state index in [9.17, 15) is 13.2 Å². The molecule has 0 radical (unpaired) electrons. The summed E-state index contributed by atoms with van der Waals surface area (Å²) in [6.45, 7) is 7.11. The summed E-state index contributed by atoms with van der Waals surface area (Å²) in [5.41, 5.74) is 4.85. The maximum Gasteiger partial charge on any atom is 0.264 e. The second kappa shape index (κ2) is 10.3. The van der Waals surface area contributed by atoms with E-state index in [1.165, 1.54) is 28.2 Å². The Labute approximate surface area is 212 Å².